The topological polar surface area (TPSA) is 32.5 Å². The molecule has 2 aliphatic heterocycles. The van der Waals surface area contributed by atoms with E-state index in [1.807, 2.05) is 0 Å². The van der Waals surface area contributed by atoms with Gasteiger partial charge in [-0.3, -0.25) is 4.90 Å². The molecular weight excluding hydrogens is 222 g/mol. The second kappa shape index (κ2) is 5.89. The summed E-state index contributed by atoms with van der Waals surface area (Å²) in [5.74, 6) is 0.772. The van der Waals surface area contributed by atoms with E-state index in [1.165, 1.54) is 77.7 Å². The highest BCUT2D eigenvalue weighted by Gasteiger charge is 2.31. The predicted molar refractivity (Wildman–Crippen MR) is 75.6 cm³/mol. The van der Waals surface area contributed by atoms with Crippen LogP contribution in [0.4, 0.5) is 0 Å². The van der Waals surface area contributed by atoms with Crippen LogP contribution in [-0.4, -0.2) is 54.6 Å². The fraction of sp³-hybridized carbons (Fsp3) is 1.00. The van der Waals surface area contributed by atoms with Crippen molar-refractivity contribution in [3.8, 4) is 0 Å². The van der Waals surface area contributed by atoms with Crippen LogP contribution < -0.4 is 5.73 Å². The maximum atomic E-state index is 6.29. The number of nitrogens with zero attached hydrogens (tertiary/aromatic N) is 2. The first-order valence-corrected chi connectivity index (χ1v) is 8.05. The molecule has 3 nitrogen and oxygen atoms in total. The van der Waals surface area contributed by atoms with Crippen molar-refractivity contribution in [3.63, 3.8) is 0 Å². The number of hydrogen-bond donors (Lipinski definition) is 1. The Hall–Kier alpha value is -0.120. The molecular formula is C15H29N3. The Balaban J connectivity index is 1.51. The molecule has 3 atom stereocenters. The van der Waals surface area contributed by atoms with E-state index in [0.29, 0.717) is 6.04 Å². The van der Waals surface area contributed by atoms with Gasteiger partial charge in [-0.15, -0.1) is 0 Å². The average Bonchev–Trinajstić information content (AvgIpc) is 2.41. The van der Waals surface area contributed by atoms with Crippen LogP contribution in [-0.2, 0) is 0 Å². The zero-order valence-electron chi connectivity index (χ0n) is 11.7. The Labute approximate surface area is 112 Å². The minimum atomic E-state index is 0.475. The molecule has 0 spiro atoms. The molecule has 0 aromatic heterocycles. The van der Waals surface area contributed by atoms with Gasteiger partial charge in [-0.2, -0.15) is 0 Å². The van der Waals surface area contributed by atoms with E-state index in [2.05, 4.69) is 9.80 Å². The monoisotopic (exact) mass is 251 g/mol. The summed E-state index contributed by atoms with van der Waals surface area (Å²) in [5, 5.41) is 0. The van der Waals surface area contributed by atoms with Gasteiger partial charge >= 0.3 is 0 Å². The fourth-order valence-electron chi connectivity index (χ4n) is 4.18. The second-order valence-electron chi connectivity index (χ2n) is 6.65. The molecule has 0 bridgehead atoms. The minimum absolute atomic E-state index is 0.475. The number of piperidine rings is 1. The van der Waals surface area contributed by atoms with Crippen LogP contribution >= 0.6 is 0 Å². The van der Waals surface area contributed by atoms with E-state index in [4.69, 9.17) is 5.73 Å². The lowest BCUT2D eigenvalue weighted by Crippen LogP contribution is -2.56. The van der Waals surface area contributed by atoms with Crippen LogP contribution in [0, 0.1) is 5.92 Å². The number of piperazine rings is 1. The Morgan fingerprint density at radius 1 is 0.889 bits per heavy atom. The molecule has 3 fully saturated rings. The zero-order valence-corrected chi connectivity index (χ0v) is 11.7. The van der Waals surface area contributed by atoms with Gasteiger partial charge in [-0.05, 0) is 38.1 Å². The van der Waals surface area contributed by atoms with Gasteiger partial charge in [0.15, 0.2) is 0 Å². The quantitative estimate of drug-likeness (QED) is 0.810. The van der Waals surface area contributed by atoms with Gasteiger partial charge in [0.1, 0.15) is 0 Å². The first kappa shape index (κ1) is 12.9. The molecule has 1 aliphatic carbocycles. The Morgan fingerprint density at radius 2 is 1.72 bits per heavy atom. The molecule has 3 heteroatoms. The van der Waals surface area contributed by atoms with E-state index in [9.17, 15) is 0 Å². The Bertz CT molecular complexity index is 268. The van der Waals surface area contributed by atoms with Gasteiger partial charge in [0.25, 0.3) is 0 Å². The maximum absolute atomic E-state index is 6.29. The molecule has 1 saturated carbocycles. The van der Waals surface area contributed by atoms with Gasteiger partial charge in [0.2, 0.25) is 0 Å². The summed E-state index contributed by atoms with van der Waals surface area (Å²) in [6, 6.07) is 1.33. The summed E-state index contributed by atoms with van der Waals surface area (Å²) in [4.78, 5) is 5.43. The standard InChI is InChI=1S/C15H29N3/c16-15-7-2-1-5-13(15)11-17-9-10-18-8-4-3-6-14(18)12-17/h13-15H,1-12,16H2. The Kier molecular flexibility index (Phi) is 4.22. The number of fused-ring (bicyclic) bond motifs is 1. The molecule has 2 N–H and O–H groups in total. The summed E-state index contributed by atoms with van der Waals surface area (Å²) in [6.07, 6.45) is 9.67. The van der Waals surface area contributed by atoms with Gasteiger partial charge in [0, 0.05) is 38.3 Å². The molecule has 0 aromatic rings. The molecule has 3 unspecified atom stereocenters. The van der Waals surface area contributed by atoms with E-state index in [-0.39, 0.29) is 0 Å². The third kappa shape index (κ3) is 2.89. The first-order valence-electron chi connectivity index (χ1n) is 8.05. The van der Waals surface area contributed by atoms with Gasteiger partial charge in [0.05, 0.1) is 0 Å². The van der Waals surface area contributed by atoms with Crippen LogP contribution in [0.2, 0.25) is 0 Å². The molecule has 0 radical (unpaired) electrons. The van der Waals surface area contributed by atoms with Crippen molar-refractivity contribution in [1.82, 2.24) is 9.80 Å². The van der Waals surface area contributed by atoms with Gasteiger partial charge in [-0.25, -0.2) is 0 Å². The van der Waals surface area contributed by atoms with Crippen molar-refractivity contribution in [2.75, 3.05) is 32.7 Å². The molecule has 18 heavy (non-hydrogen) atoms. The van der Waals surface area contributed by atoms with E-state index >= 15 is 0 Å². The molecule has 3 rings (SSSR count). The number of hydrogen-bond acceptors (Lipinski definition) is 3. The molecule has 2 saturated heterocycles. The molecule has 104 valence electrons. The highest BCUT2D eigenvalue weighted by atomic mass is 15.3. The summed E-state index contributed by atoms with van der Waals surface area (Å²) in [7, 11) is 0. The smallest absolute Gasteiger partial charge is 0.0223 e. The summed E-state index contributed by atoms with van der Waals surface area (Å²) in [5.41, 5.74) is 6.29. The van der Waals surface area contributed by atoms with Crippen molar-refractivity contribution < 1.29 is 0 Å². The third-order valence-electron chi connectivity index (χ3n) is 5.38. The SMILES string of the molecule is NC1CCCCC1CN1CCN2CCCCC2C1. The largest absolute Gasteiger partial charge is 0.327 e. The van der Waals surface area contributed by atoms with Crippen LogP contribution in [0.1, 0.15) is 44.9 Å². The zero-order chi connectivity index (χ0) is 12.4. The second-order valence-corrected chi connectivity index (χ2v) is 6.65. The molecule has 2 heterocycles. The highest BCUT2D eigenvalue weighted by Crippen LogP contribution is 2.26. The average molecular weight is 251 g/mol. The van der Waals surface area contributed by atoms with E-state index < -0.39 is 0 Å². The van der Waals surface area contributed by atoms with Gasteiger partial charge < -0.3 is 10.6 Å². The minimum Gasteiger partial charge on any atom is -0.327 e. The first-order chi connectivity index (χ1) is 8.83. The van der Waals surface area contributed by atoms with Crippen molar-refractivity contribution in [2.45, 2.75) is 57.0 Å². The van der Waals surface area contributed by atoms with Crippen LogP contribution in [0.5, 0.6) is 0 Å². The fourth-order valence-corrected chi connectivity index (χ4v) is 4.18. The molecule has 3 aliphatic rings. The normalized spacial score (nSPS) is 39.5. The lowest BCUT2D eigenvalue weighted by Gasteiger charge is -2.45. The maximum Gasteiger partial charge on any atom is 0.0223 e. The summed E-state index contributed by atoms with van der Waals surface area (Å²) >= 11 is 0. The lowest BCUT2D eigenvalue weighted by molar-refractivity contribution is 0.0366. The Morgan fingerprint density at radius 3 is 2.61 bits per heavy atom. The van der Waals surface area contributed by atoms with Crippen LogP contribution in [0.25, 0.3) is 0 Å². The third-order valence-corrected chi connectivity index (χ3v) is 5.38. The van der Waals surface area contributed by atoms with Crippen molar-refractivity contribution >= 4 is 0 Å². The molecule has 0 amide bonds. The number of nitrogens with two attached hydrogens (primary N) is 1. The highest BCUT2D eigenvalue weighted by molar-refractivity contribution is 4.88. The van der Waals surface area contributed by atoms with Gasteiger partial charge in [-0.1, -0.05) is 19.3 Å². The van der Waals surface area contributed by atoms with E-state index in [1.54, 1.807) is 0 Å². The van der Waals surface area contributed by atoms with E-state index in [0.717, 1.165) is 12.0 Å². The molecule has 0 aromatic carbocycles. The van der Waals surface area contributed by atoms with Crippen molar-refractivity contribution in [3.05, 3.63) is 0 Å². The predicted octanol–water partition coefficient (Wildman–Crippen LogP) is 1.67. The number of rotatable bonds is 2. The van der Waals surface area contributed by atoms with Crippen LogP contribution in [0.15, 0.2) is 0 Å². The van der Waals surface area contributed by atoms with Crippen molar-refractivity contribution in [2.24, 2.45) is 11.7 Å². The summed E-state index contributed by atoms with van der Waals surface area (Å²) < 4.78 is 0. The van der Waals surface area contributed by atoms with Crippen molar-refractivity contribution in [1.29, 1.82) is 0 Å². The summed E-state index contributed by atoms with van der Waals surface area (Å²) in [6.45, 7) is 6.50. The lowest BCUT2D eigenvalue weighted by atomic mass is 9.84. The van der Waals surface area contributed by atoms with Crippen LogP contribution in [0.3, 0.4) is 0 Å².